The zero-order valence-corrected chi connectivity index (χ0v) is 26.1. The molecule has 43 heavy (non-hydrogen) atoms. The van der Waals surface area contributed by atoms with Crippen molar-refractivity contribution >= 4 is 39.1 Å². The predicted molar refractivity (Wildman–Crippen MR) is 172 cm³/mol. The highest BCUT2D eigenvalue weighted by molar-refractivity contribution is 7.92. The average molecular weight is 618 g/mol. The minimum absolute atomic E-state index is 0.0112. The first-order valence-electron chi connectivity index (χ1n) is 14.1. The van der Waals surface area contributed by atoms with Crippen LogP contribution in [0.4, 0.5) is 5.69 Å². The number of likely N-dealkylation sites (N-methyl/N-ethyl adjacent to an activating group) is 1. The Kier molecular flexibility index (Phi) is 10.6. The Labute approximate surface area is 259 Å². The van der Waals surface area contributed by atoms with Crippen molar-refractivity contribution in [3.8, 4) is 0 Å². The summed E-state index contributed by atoms with van der Waals surface area (Å²) in [6, 6.07) is 29.3. The maximum absolute atomic E-state index is 14.4. The van der Waals surface area contributed by atoms with E-state index in [4.69, 9.17) is 11.6 Å². The number of para-hydroxylation sites is 1. The monoisotopic (exact) mass is 617 g/mol. The molecule has 4 aromatic carbocycles. The normalized spacial score (nSPS) is 11.9. The topological polar surface area (TPSA) is 86.8 Å². The highest BCUT2D eigenvalue weighted by atomic mass is 35.5. The molecule has 0 aromatic heterocycles. The van der Waals surface area contributed by atoms with E-state index in [9.17, 15) is 18.0 Å². The summed E-state index contributed by atoms with van der Waals surface area (Å²) in [6.07, 6.45) is 0.787. The van der Waals surface area contributed by atoms with Crippen LogP contribution in [-0.2, 0) is 39.0 Å². The van der Waals surface area contributed by atoms with Gasteiger partial charge in [-0.1, -0.05) is 103 Å². The van der Waals surface area contributed by atoms with Gasteiger partial charge < -0.3 is 10.2 Å². The van der Waals surface area contributed by atoms with E-state index in [2.05, 4.69) is 5.32 Å². The van der Waals surface area contributed by atoms with Gasteiger partial charge in [0.25, 0.3) is 10.0 Å². The zero-order chi connectivity index (χ0) is 31.0. The molecule has 1 N–H and O–H groups in total. The summed E-state index contributed by atoms with van der Waals surface area (Å²) >= 11 is 6.51. The first-order valence-corrected chi connectivity index (χ1v) is 15.9. The first kappa shape index (κ1) is 31.8. The number of carbonyl (C=O) groups excluding carboxylic acids is 2. The second kappa shape index (κ2) is 14.4. The second-order valence-corrected chi connectivity index (χ2v) is 12.5. The Morgan fingerprint density at radius 2 is 1.44 bits per heavy atom. The third kappa shape index (κ3) is 7.63. The molecule has 0 saturated heterocycles. The fraction of sp³-hybridized carbons (Fsp3) is 0.235. The van der Waals surface area contributed by atoms with Crippen LogP contribution in [0, 0.1) is 6.92 Å². The Morgan fingerprint density at radius 1 is 0.837 bits per heavy atom. The van der Waals surface area contributed by atoms with Crippen molar-refractivity contribution in [3.05, 3.63) is 130 Å². The molecule has 7 nitrogen and oxygen atoms in total. The van der Waals surface area contributed by atoms with Crippen LogP contribution in [0.3, 0.4) is 0 Å². The average Bonchev–Trinajstić information content (AvgIpc) is 3.02. The van der Waals surface area contributed by atoms with Gasteiger partial charge in [-0.25, -0.2) is 8.42 Å². The van der Waals surface area contributed by atoms with Gasteiger partial charge in [0.05, 0.1) is 10.6 Å². The molecule has 0 unspecified atom stereocenters. The number of halogens is 1. The van der Waals surface area contributed by atoms with Crippen LogP contribution in [0.1, 0.15) is 29.2 Å². The number of anilines is 1. The maximum Gasteiger partial charge on any atom is 0.264 e. The van der Waals surface area contributed by atoms with Crippen molar-refractivity contribution in [2.45, 2.75) is 44.2 Å². The number of sulfonamides is 1. The van der Waals surface area contributed by atoms with Gasteiger partial charge in [0.2, 0.25) is 11.8 Å². The van der Waals surface area contributed by atoms with Gasteiger partial charge in [-0.05, 0) is 54.3 Å². The lowest BCUT2D eigenvalue weighted by Crippen LogP contribution is -2.53. The smallest absolute Gasteiger partial charge is 0.264 e. The van der Waals surface area contributed by atoms with Crippen LogP contribution < -0.4 is 9.62 Å². The molecular formula is C34H36ClN3O4S. The van der Waals surface area contributed by atoms with Crippen LogP contribution in [-0.4, -0.2) is 44.8 Å². The second-order valence-electron chi connectivity index (χ2n) is 10.2. The molecule has 1 atom stereocenters. The number of hydrogen-bond donors (Lipinski definition) is 1. The summed E-state index contributed by atoms with van der Waals surface area (Å²) in [5, 5.41) is 3.13. The molecule has 224 valence electrons. The molecular weight excluding hydrogens is 582 g/mol. The highest BCUT2D eigenvalue weighted by Gasteiger charge is 2.35. The number of amides is 2. The number of nitrogens with zero attached hydrogens (tertiary/aromatic N) is 2. The summed E-state index contributed by atoms with van der Waals surface area (Å²) in [5.74, 6) is -0.905. The minimum Gasteiger partial charge on any atom is -0.357 e. The number of carbonyl (C=O) groups is 2. The lowest BCUT2D eigenvalue weighted by molar-refractivity contribution is -0.139. The van der Waals surface area contributed by atoms with Crippen molar-refractivity contribution in [3.63, 3.8) is 0 Å². The van der Waals surface area contributed by atoms with Crippen molar-refractivity contribution in [2.24, 2.45) is 0 Å². The largest absolute Gasteiger partial charge is 0.357 e. The summed E-state index contributed by atoms with van der Waals surface area (Å²) < 4.78 is 29.5. The van der Waals surface area contributed by atoms with Crippen LogP contribution in [0.2, 0.25) is 5.02 Å². The molecule has 4 rings (SSSR count). The van der Waals surface area contributed by atoms with Gasteiger partial charge in [0.15, 0.2) is 0 Å². The van der Waals surface area contributed by atoms with E-state index in [0.29, 0.717) is 22.7 Å². The molecule has 0 aliphatic carbocycles. The maximum atomic E-state index is 14.4. The van der Waals surface area contributed by atoms with Crippen LogP contribution >= 0.6 is 11.6 Å². The molecule has 0 saturated carbocycles. The first-order chi connectivity index (χ1) is 20.6. The summed E-state index contributed by atoms with van der Waals surface area (Å²) in [6.45, 7) is 3.31. The van der Waals surface area contributed by atoms with E-state index in [0.717, 1.165) is 21.0 Å². The van der Waals surface area contributed by atoms with Gasteiger partial charge in [-0.3, -0.25) is 13.9 Å². The molecule has 0 radical (unpaired) electrons. The van der Waals surface area contributed by atoms with E-state index >= 15 is 0 Å². The molecule has 0 aliphatic rings. The Hall–Kier alpha value is -4.14. The Balaban J connectivity index is 1.82. The lowest BCUT2D eigenvalue weighted by atomic mass is 10.0. The van der Waals surface area contributed by atoms with Gasteiger partial charge in [-0.2, -0.15) is 0 Å². The van der Waals surface area contributed by atoms with E-state index in [1.54, 1.807) is 54.6 Å². The summed E-state index contributed by atoms with van der Waals surface area (Å²) in [7, 11) is -2.65. The van der Waals surface area contributed by atoms with Crippen molar-refractivity contribution in [1.29, 1.82) is 0 Å². The van der Waals surface area contributed by atoms with E-state index in [-0.39, 0.29) is 23.8 Å². The zero-order valence-electron chi connectivity index (χ0n) is 24.5. The number of rotatable bonds is 12. The van der Waals surface area contributed by atoms with Gasteiger partial charge in [-0.15, -0.1) is 0 Å². The third-order valence-corrected chi connectivity index (χ3v) is 9.49. The molecule has 9 heteroatoms. The molecule has 0 bridgehead atoms. The third-order valence-electron chi connectivity index (χ3n) is 7.35. The predicted octanol–water partition coefficient (Wildman–Crippen LogP) is 5.79. The molecule has 2 amide bonds. The Bertz CT molecular complexity index is 1660. The fourth-order valence-corrected chi connectivity index (χ4v) is 6.58. The van der Waals surface area contributed by atoms with E-state index < -0.39 is 28.5 Å². The number of nitrogens with one attached hydrogen (secondary N) is 1. The summed E-state index contributed by atoms with van der Waals surface area (Å²) in [4.78, 5) is 29.3. The van der Waals surface area contributed by atoms with Gasteiger partial charge >= 0.3 is 0 Å². The highest BCUT2D eigenvalue weighted by Crippen LogP contribution is 2.29. The molecule has 0 aliphatic heterocycles. The summed E-state index contributed by atoms with van der Waals surface area (Å²) in [5.41, 5.74) is 3.60. The van der Waals surface area contributed by atoms with E-state index in [1.807, 2.05) is 62.4 Å². The minimum atomic E-state index is -4.16. The van der Waals surface area contributed by atoms with Crippen LogP contribution in [0.5, 0.6) is 0 Å². The van der Waals surface area contributed by atoms with Crippen molar-refractivity contribution in [1.82, 2.24) is 10.2 Å². The molecule has 0 fully saturated rings. The quantitative estimate of drug-likeness (QED) is 0.218. The molecule has 0 spiro atoms. The fourth-order valence-electron chi connectivity index (χ4n) is 4.93. The Morgan fingerprint density at radius 3 is 2.07 bits per heavy atom. The standard InChI is InChI=1S/C34H36ClN3O4S/c1-4-27-14-9-11-17-31(27)38(43(41,42)29-20-18-25(2)19-21-29)24-33(39)37(23-28-15-8-10-16-30(28)35)32(34(40)36-3)22-26-12-6-5-7-13-26/h5-21,32H,4,22-24H2,1-3H3,(H,36,40)/t32-/m0/s1. The SMILES string of the molecule is CCc1ccccc1N(CC(=O)N(Cc1ccccc1Cl)[C@@H](Cc1ccccc1)C(=O)NC)S(=O)(=O)c1ccc(C)cc1. The van der Waals surface area contributed by atoms with Gasteiger partial charge in [0, 0.05) is 25.0 Å². The number of aryl methyl sites for hydroxylation is 2. The van der Waals surface area contributed by atoms with E-state index in [1.165, 1.54) is 11.9 Å². The number of benzene rings is 4. The lowest BCUT2D eigenvalue weighted by Gasteiger charge is -2.34. The molecule has 4 aromatic rings. The molecule has 0 heterocycles. The van der Waals surface area contributed by atoms with Gasteiger partial charge in [0.1, 0.15) is 12.6 Å². The van der Waals surface area contributed by atoms with Crippen LogP contribution in [0.15, 0.2) is 108 Å². The van der Waals surface area contributed by atoms with Crippen LogP contribution in [0.25, 0.3) is 0 Å². The van der Waals surface area contributed by atoms with Crippen molar-refractivity contribution in [2.75, 3.05) is 17.9 Å². The number of hydrogen-bond acceptors (Lipinski definition) is 4. The van der Waals surface area contributed by atoms with Crippen molar-refractivity contribution < 1.29 is 18.0 Å².